The average molecular weight is 249 g/mol. The minimum absolute atomic E-state index is 0.262. The SMILES string of the molecule is CC[B-](CC)(CC)c1ccccc1.C[N+](C)(C)C. The molecule has 0 fully saturated rings. The Labute approximate surface area is 115 Å². The molecule has 18 heavy (non-hydrogen) atoms. The molecular formula is C16H32BN. The molecule has 0 saturated carbocycles. The summed E-state index contributed by atoms with van der Waals surface area (Å²) in [5, 5.41) is 0. The Morgan fingerprint density at radius 3 is 1.39 bits per heavy atom. The van der Waals surface area contributed by atoms with Crippen LogP contribution in [-0.4, -0.2) is 38.8 Å². The van der Waals surface area contributed by atoms with Gasteiger partial charge < -0.3 is 4.48 Å². The van der Waals surface area contributed by atoms with E-state index in [4.69, 9.17) is 0 Å². The number of hydrogen-bond acceptors (Lipinski definition) is 0. The Kier molecular flexibility index (Phi) is 7.31. The molecule has 0 aliphatic rings. The first-order chi connectivity index (χ1) is 8.29. The minimum Gasteiger partial charge on any atom is -0.333 e. The molecule has 0 unspecified atom stereocenters. The Balaban J connectivity index is 0.000000494. The molecule has 0 atom stereocenters. The molecule has 0 radical (unpaired) electrons. The Morgan fingerprint density at radius 2 is 1.11 bits per heavy atom. The van der Waals surface area contributed by atoms with Crippen molar-refractivity contribution in [1.29, 1.82) is 0 Å². The zero-order valence-corrected chi connectivity index (χ0v) is 13.5. The lowest BCUT2D eigenvalue weighted by molar-refractivity contribution is -0.849. The van der Waals surface area contributed by atoms with Crippen LogP contribution in [0.15, 0.2) is 30.3 Å². The van der Waals surface area contributed by atoms with Gasteiger partial charge in [-0.05, 0) is 0 Å². The fourth-order valence-electron chi connectivity index (χ4n) is 2.43. The predicted molar refractivity (Wildman–Crippen MR) is 87.2 cm³/mol. The summed E-state index contributed by atoms with van der Waals surface area (Å²) in [5.74, 6) is 0. The quantitative estimate of drug-likeness (QED) is 0.563. The highest BCUT2D eigenvalue weighted by molar-refractivity contribution is 6.91. The molecule has 0 aliphatic heterocycles. The molecule has 0 bridgehead atoms. The van der Waals surface area contributed by atoms with Crippen LogP contribution in [-0.2, 0) is 0 Å². The zero-order chi connectivity index (χ0) is 14.2. The summed E-state index contributed by atoms with van der Waals surface area (Å²) in [6, 6.07) is 11.0. The fraction of sp³-hybridized carbons (Fsp3) is 0.625. The Hall–Kier alpha value is -0.755. The zero-order valence-electron chi connectivity index (χ0n) is 13.5. The van der Waals surface area contributed by atoms with Gasteiger partial charge in [0.2, 0.25) is 0 Å². The van der Waals surface area contributed by atoms with Crippen LogP contribution in [0.2, 0.25) is 19.0 Å². The van der Waals surface area contributed by atoms with Gasteiger partial charge in [-0.1, -0.05) is 51.1 Å². The lowest BCUT2D eigenvalue weighted by Crippen LogP contribution is -2.45. The van der Waals surface area contributed by atoms with Gasteiger partial charge in [-0.15, -0.1) is 0 Å². The van der Waals surface area contributed by atoms with E-state index in [1.807, 2.05) is 0 Å². The first-order valence-electron chi connectivity index (χ1n) is 7.33. The second-order valence-corrected chi connectivity index (χ2v) is 6.80. The topological polar surface area (TPSA) is 0 Å². The highest BCUT2D eigenvalue weighted by Gasteiger charge is 2.19. The lowest BCUT2D eigenvalue weighted by atomic mass is 9.17. The smallest absolute Gasteiger partial charge is 0.0675 e. The van der Waals surface area contributed by atoms with E-state index in [-0.39, 0.29) is 6.15 Å². The van der Waals surface area contributed by atoms with Crippen LogP contribution in [0.1, 0.15) is 20.8 Å². The third kappa shape index (κ3) is 6.25. The van der Waals surface area contributed by atoms with Crippen LogP contribution in [0.5, 0.6) is 0 Å². The number of rotatable bonds is 4. The predicted octanol–water partition coefficient (Wildman–Crippen LogP) is 3.72. The molecule has 1 aromatic rings. The van der Waals surface area contributed by atoms with Crippen molar-refractivity contribution in [2.24, 2.45) is 0 Å². The van der Waals surface area contributed by atoms with Crippen molar-refractivity contribution in [1.82, 2.24) is 0 Å². The third-order valence-electron chi connectivity index (χ3n) is 3.85. The van der Waals surface area contributed by atoms with E-state index in [1.165, 1.54) is 19.0 Å². The Morgan fingerprint density at radius 1 is 0.778 bits per heavy atom. The van der Waals surface area contributed by atoms with Crippen molar-refractivity contribution in [2.45, 2.75) is 39.7 Å². The maximum atomic E-state index is 2.32. The van der Waals surface area contributed by atoms with Gasteiger partial charge in [0.05, 0.1) is 28.2 Å². The highest BCUT2D eigenvalue weighted by atomic mass is 15.2. The van der Waals surface area contributed by atoms with Crippen molar-refractivity contribution in [3.8, 4) is 0 Å². The van der Waals surface area contributed by atoms with Crippen LogP contribution < -0.4 is 5.46 Å². The van der Waals surface area contributed by atoms with Crippen LogP contribution in [0.25, 0.3) is 0 Å². The molecule has 104 valence electrons. The van der Waals surface area contributed by atoms with Crippen molar-refractivity contribution in [2.75, 3.05) is 28.2 Å². The summed E-state index contributed by atoms with van der Waals surface area (Å²) < 4.78 is 1.00. The molecule has 0 aromatic heterocycles. The van der Waals surface area contributed by atoms with Crippen molar-refractivity contribution in [3.05, 3.63) is 30.3 Å². The molecule has 1 nitrogen and oxygen atoms in total. The molecule has 0 aliphatic carbocycles. The van der Waals surface area contributed by atoms with Crippen molar-refractivity contribution in [3.63, 3.8) is 0 Å². The number of benzene rings is 1. The molecule has 2 heteroatoms. The molecule has 1 rings (SSSR count). The average Bonchev–Trinajstić information content (AvgIpc) is 2.31. The van der Waals surface area contributed by atoms with Gasteiger partial charge in [0.15, 0.2) is 0 Å². The van der Waals surface area contributed by atoms with Gasteiger partial charge in [0, 0.05) is 6.15 Å². The van der Waals surface area contributed by atoms with Gasteiger partial charge >= 0.3 is 0 Å². The van der Waals surface area contributed by atoms with Crippen LogP contribution in [0, 0.1) is 0 Å². The van der Waals surface area contributed by atoms with E-state index in [0.29, 0.717) is 0 Å². The van der Waals surface area contributed by atoms with Crippen LogP contribution >= 0.6 is 0 Å². The van der Waals surface area contributed by atoms with Gasteiger partial charge in [0.1, 0.15) is 0 Å². The lowest BCUT2D eigenvalue weighted by Gasteiger charge is -2.37. The maximum Gasteiger partial charge on any atom is 0.0675 e. The van der Waals surface area contributed by atoms with Gasteiger partial charge in [0.25, 0.3) is 0 Å². The first-order valence-corrected chi connectivity index (χ1v) is 7.33. The minimum atomic E-state index is -0.262. The monoisotopic (exact) mass is 249 g/mol. The van der Waals surface area contributed by atoms with E-state index in [9.17, 15) is 0 Å². The first kappa shape index (κ1) is 17.2. The summed E-state index contributed by atoms with van der Waals surface area (Å²) in [6.45, 7) is 6.96. The van der Waals surface area contributed by atoms with E-state index < -0.39 is 0 Å². The largest absolute Gasteiger partial charge is 0.333 e. The molecule has 0 saturated heterocycles. The standard InChI is InChI=1S/C12H20B.C4H12N/c1-4-13(5-2,6-3)12-10-8-7-9-11-12;1-5(2,3)4/h7-11H,4-6H2,1-3H3;1-4H3/q-1;+1. The summed E-state index contributed by atoms with van der Waals surface area (Å²) in [4.78, 5) is 0. The van der Waals surface area contributed by atoms with Gasteiger partial charge in [-0.2, -0.15) is 19.0 Å². The van der Waals surface area contributed by atoms with E-state index in [1.54, 1.807) is 5.46 Å². The number of nitrogens with zero attached hydrogens (tertiary/aromatic N) is 1. The van der Waals surface area contributed by atoms with Crippen LogP contribution in [0.4, 0.5) is 0 Å². The normalized spacial score (nSPS) is 11.7. The molecular weight excluding hydrogens is 217 g/mol. The van der Waals surface area contributed by atoms with Crippen molar-refractivity contribution < 1.29 is 4.48 Å². The van der Waals surface area contributed by atoms with Crippen LogP contribution in [0.3, 0.4) is 0 Å². The van der Waals surface area contributed by atoms with Gasteiger partial charge in [-0.25, -0.2) is 5.46 Å². The van der Waals surface area contributed by atoms with E-state index >= 15 is 0 Å². The third-order valence-corrected chi connectivity index (χ3v) is 3.85. The summed E-state index contributed by atoms with van der Waals surface area (Å²) in [6.07, 6.45) is 3.65. The second-order valence-electron chi connectivity index (χ2n) is 6.80. The molecule has 0 amide bonds. The Bertz CT molecular complexity index is 295. The van der Waals surface area contributed by atoms with Gasteiger partial charge in [-0.3, -0.25) is 0 Å². The highest BCUT2D eigenvalue weighted by Crippen LogP contribution is 2.19. The maximum absolute atomic E-state index is 2.32. The molecule has 0 spiro atoms. The van der Waals surface area contributed by atoms with E-state index in [2.05, 4.69) is 79.3 Å². The summed E-state index contributed by atoms with van der Waals surface area (Å²) in [5.41, 5.74) is 1.56. The fourth-order valence-corrected chi connectivity index (χ4v) is 2.43. The van der Waals surface area contributed by atoms with E-state index in [0.717, 1.165) is 4.48 Å². The number of quaternary nitrogens is 1. The molecule has 0 N–H and O–H groups in total. The summed E-state index contributed by atoms with van der Waals surface area (Å²) >= 11 is 0. The summed E-state index contributed by atoms with van der Waals surface area (Å²) in [7, 11) is 8.50. The molecule has 1 aromatic carbocycles. The second kappa shape index (κ2) is 7.63. The van der Waals surface area contributed by atoms with Crippen molar-refractivity contribution >= 4 is 11.6 Å². The molecule has 0 heterocycles. The number of hydrogen-bond donors (Lipinski definition) is 0.